The topological polar surface area (TPSA) is 291 Å². The number of hydrogen-bond acceptors (Lipinski definition) is 13. The Kier molecular flexibility index (Phi) is 8.21. The number of amides is 1. The van der Waals surface area contributed by atoms with Gasteiger partial charge in [-0.05, 0) is 45.3 Å². The second-order valence-corrected chi connectivity index (χ2v) is 10.7. The van der Waals surface area contributed by atoms with Crippen LogP contribution in [0.15, 0.2) is 28.7 Å². The summed E-state index contributed by atoms with van der Waals surface area (Å²) in [6.45, 7) is 2.10. The van der Waals surface area contributed by atoms with Crippen LogP contribution in [0, 0.1) is 22.0 Å². The first kappa shape index (κ1) is 31.4. The van der Waals surface area contributed by atoms with Gasteiger partial charge < -0.3 is 31.5 Å². The number of nitrogens with two attached hydrogens (primary N) is 1. The van der Waals surface area contributed by atoms with E-state index in [9.17, 15) is 44.9 Å². The highest BCUT2D eigenvalue weighted by Crippen LogP contribution is 2.53. The van der Waals surface area contributed by atoms with Gasteiger partial charge in [0.1, 0.15) is 17.1 Å². The van der Waals surface area contributed by atoms with Gasteiger partial charge in [-0.25, -0.2) is 0 Å². The van der Waals surface area contributed by atoms with E-state index in [0.717, 1.165) is 6.07 Å². The number of nitrogens with zero attached hydrogens (tertiary/aromatic N) is 2. The Hall–Kier alpha value is -4.10. The van der Waals surface area contributed by atoms with E-state index in [-0.39, 0.29) is 24.1 Å². The third-order valence-corrected chi connectivity index (χ3v) is 7.27. The number of hydrogen-bond donors (Lipinski definition) is 8. The molecule has 0 spiro atoms. The van der Waals surface area contributed by atoms with Crippen molar-refractivity contribution in [3.05, 3.63) is 50.0 Å². The fourth-order valence-electron chi connectivity index (χ4n) is 5.79. The second-order valence-electron chi connectivity index (χ2n) is 9.84. The number of ketones is 2. The lowest BCUT2D eigenvalue weighted by Crippen LogP contribution is -2.63. The summed E-state index contributed by atoms with van der Waals surface area (Å²) in [7, 11) is -1.60. The van der Waals surface area contributed by atoms with Crippen molar-refractivity contribution in [1.82, 2.24) is 4.90 Å². The molecule has 9 N–H and O–H groups in total. The first-order valence-electron chi connectivity index (χ1n) is 11.9. The lowest BCUT2D eigenvalue weighted by molar-refractivity contribution is -0.385. The van der Waals surface area contributed by atoms with Crippen molar-refractivity contribution in [2.45, 2.75) is 31.4 Å². The lowest BCUT2D eigenvalue weighted by atomic mass is 9.58. The number of aliphatic hydroxyl groups excluding tert-OH is 2. The van der Waals surface area contributed by atoms with Crippen molar-refractivity contribution < 1.29 is 57.3 Å². The normalized spacial score (nSPS) is 25.6. The number of phenols is 1. The number of Topliss-reactive ketones (excluding diaryl/α,β-unsaturated/α-hetero) is 2. The van der Waals surface area contributed by atoms with Crippen molar-refractivity contribution >= 4 is 39.2 Å². The van der Waals surface area contributed by atoms with Crippen LogP contribution in [-0.2, 0) is 26.4 Å². The van der Waals surface area contributed by atoms with Gasteiger partial charge in [-0.1, -0.05) is 0 Å². The highest BCUT2D eigenvalue weighted by molar-refractivity contribution is 7.79. The number of nitrogens with one attached hydrogen (secondary N) is 1. The predicted octanol–water partition coefficient (Wildman–Crippen LogP) is -0.192. The molecule has 0 saturated heterocycles. The Bertz CT molecular complexity index is 1520. The van der Waals surface area contributed by atoms with Crippen LogP contribution < -0.4 is 11.1 Å². The molecule has 0 aliphatic heterocycles. The SMILES string of the molecule is CCNc1cc([N+](=O)[O-])c(O)c2c1CC1CC3[C@H](N(C)C)C(O)=C(C(N)=O)C(=O)C3(O)C(O)=C1C2=O.O=S(=O)(O)O. The molecule has 0 saturated carbocycles. The fraction of sp³-hybridized carbons (Fsp3) is 0.435. The standard InChI is InChI=1S/C23H26N4O9.H2O4S/c1-4-25-11-7-12(27(35)36)17(28)14-9(11)5-8-6-10-16(26(2)3)19(30)15(22(24)33)21(32)23(10,34)20(31)13(8)18(14)29;1-5(2,3)4/h7-8,10,16,25,28,30-31,34H,4-6H2,1-3H3,(H2,24,33);(H2,1,2,3,4)/t8?,10?,16-,23?;/m0./s1. The van der Waals surface area contributed by atoms with E-state index >= 15 is 0 Å². The molecule has 224 valence electrons. The molecule has 0 heterocycles. The maximum atomic E-state index is 13.6. The van der Waals surface area contributed by atoms with E-state index in [1.54, 1.807) is 6.92 Å². The Labute approximate surface area is 232 Å². The molecular formula is C23H28N4O13S. The maximum Gasteiger partial charge on any atom is 0.394 e. The highest BCUT2D eigenvalue weighted by Gasteiger charge is 2.63. The number of phenolic OH excluding ortho intramolecular Hbond substituents is 1. The molecule has 41 heavy (non-hydrogen) atoms. The summed E-state index contributed by atoms with van der Waals surface area (Å²) in [5.74, 6) is -8.17. The summed E-state index contributed by atoms with van der Waals surface area (Å²) in [6.07, 6.45) is -0.0441. The molecule has 0 radical (unpaired) electrons. The van der Waals surface area contributed by atoms with E-state index < -0.39 is 95.9 Å². The minimum atomic E-state index is -4.67. The Morgan fingerprint density at radius 1 is 1.24 bits per heavy atom. The average molecular weight is 601 g/mol. The number of anilines is 1. The zero-order valence-corrected chi connectivity index (χ0v) is 22.7. The Balaban J connectivity index is 0.000000850. The summed E-state index contributed by atoms with van der Waals surface area (Å²) < 4.78 is 31.6. The van der Waals surface area contributed by atoms with Crippen molar-refractivity contribution in [2.75, 3.05) is 26.0 Å². The predicted molar refractivity (Wildman–Crippen MR) is 139 cm³/mol. The Morgan fingerprint density at radius 2 is 1.80 bits per heavy atom. The number of aromatic hydroxyl groups is 1. The van der Waals surface area contributed by atoms with Crippen molar-refractivity contribution in [1.29, 1.82) is 0 Å². The Morgan fingerprint density at radius 3 is 2.27 bits per heavy atom. The molecule has 1 amide bonds. The van der Waals surface area contributed by atoms with Gasteiger partial charge in [0.15, 0.2) is 11.4 Å². The lowest BCUT2D eigenvalue weighted by Gasteiger charge is -2.50. The smallest absolute Gasteiger partial charge is 0.394 e. The number of fused-ring (bicyclic) bond motifs is 3. The number of nitro benzene ring substituents is 1. The molecule has 3 aliphatic carbocycles. The number of nitro groups is 1. The second kappa shape index (κ2) is 10.7. The van der Waals surface area contributed by atoms with Gasteiger partial charge in [0.05, 0.1) is 16.5 Å². The van der Waals surface area contributed by atoms with E-state index in [2.05, 4.69) is 5.32 Å². The third-order valence-electron chi connectivity index (χ3n) is 7.27. The van der Waals surface area contributed by atoms with Gasteiger partial charge in [-0.15, -0.1) is 0 Å². The molecule has 0 bridgehead atoms. The molecule has 0 fully saturated rings. The first-order valence-corrected chi connectivity index (χ1v) is 13.3. The zero-order valence-electron chi connectivity index (χ0n) is 21.9. The molecule has 4 rings (SSSR count). The number of carbonyl (C=O) groups is 3. The molecule has 17 nitrogen and oxygen atoms in total. The van der Waals surface area contributed by atoms with Gasteiger partial charge >= 0.3 is 16.1 Å². The van der Waals surface area contributed by atoms with Crippen molar-refractivity contribution in [2.24, 2.45) is 17.6 Å². The van der Waals surface area contributed by atoms with Gasteiger partial charge in [-0.2, -0.15) is 8.42 Å². The number of rotatable bonds is 5. The van der Waals surface area contributed by atoms with Gasteiger partial charge in [0.2, 0.25) is 11.5 Å². The van der Waals surface area contributed by atoms with Crippen LogP contribution in [0.25, 0.3) is 0 Å². The van der Waals surface area contributed by atoms with Crippen LogP contribution in [0.1, 0.15) is 29.3 Å². The largest absolute Gasteiger partial charge is 0.510 e. The van der Waals surface area contributed by atoms with Crippen molar-refractivity contribution in [3.63, 3.8) is 0 Å². The van der Waals surface area contributed by atoms with E-state index in [1.807, 2.05) is 0 Å². The molecular weight excluding hydrogens is 572 g/mol. The van der Waals surface area contributed by atoms with E-state index in [4.69, 9.17) is 23.3 Å². The maximum absolute atomic E-state index is 13.6. The molecule has 4 atom stereocenters. The number of benzene rings is 1. The monoisotopic (exact) mass is 600 g/mol. The van der Waals surface area contributed by atoms with Crippen LogP contribution >= 0.6 is 0 Å². The molecule has 0 aromatic heterocycles. The average Bonchev–Trinajstić information content (AvgIpc) is 2.81. The van der Waals surface area contributed by atoms with Gasteiger partial charge in [0, 0.05) is 29.8 Å². The van der Waals surface area contributed by atoms with Gasteiger partial charge in [-0.3, -0.25) is 38.5 Å². The minimum Gasteiger partial charge on any atom is -0.510 e. The summed E-state index contributed by atoms with van der Waals surface area (Å²) in [4.78, 5) is 51.0. The van der Waals surface area contributed by atoms with E-state index in [0.29, 0.717) is 6.54 Å². The van der Waals surface area contributed by atoms with Crippen molar-refractivity contribution in [3.8, 4) is 5.75 Å². The molecule has 3 aliphatic rings. The quantitative estimate of drug-likeness (QED) is 0.0714. The van der Waals surface area contributed by atoms with Crippen LogP contribution in [0.4, 0.5) is 11.4 Å². The summed E-state index contributed by atoms with van der Waals surface area (Å²) >= 11 is 0. The molecule has 3 unspecified atom stereocenters. The number of aliphatic hydroxyl groups is 3. The number of likely N-dealkylation sites (N-methyl/N-ethyl adjacent to an activating group) is 1. The summed E-state index contributed by atoms with van der Waals surface area (Å²) in [6, 6.07) is 0.0213. The van der Waals surface area contributed by atoms with Crippen LogP contribution in [0.2, 0.25) is 0 Å². The van der Waals surface area contributed by atoms with Crippen LogP contribution in [0.5, 0.6) is 5.75 Å². The number of primary amides is 1. The third kappa shape index (κ3) is 5.22. The number of carbonyl (C=O) groups excluding carboxylic acids is 3. The van der Waals surface area contributed by atoms with Crippen LogP contribution in [0.3, 0.4) is 0 Å². The summed E-state index contributed by atoms with van der Waals surface area (Å²) in [5.41, 5.74) is 0.637. The molecule has 1 aromatic carbocycles. The van der Waals surface area contributed by atoms with Gasteiger partial charge in [0.25, 0.3) is 5.91 Å². The minimum absolute atomic E-state index is 0.0302. The zero-order chi connectivity index (χ0) is 31.4. The van der Waals surface area contributed by atoms with E-state index in [1.165, 1.54) is 19.0 Å². The molecule has 18 heteroatoms. The highest BCUT2D eigenvalue weighted by atomic mass is 32.3. The first-order chi connectivity index (χ1) is 18.8. The molecule has 1 aromatic rings. The fourth-order valence-corrected chi connectivity index (χ4v) is 5.79. The van der Waals surface area contributed by atoms with Crippen LogP contribution in [-0.4, -0.2) is 97.5 Å². The number of allylic oxidation sites excluding steroid dienone is 1. The summed E-state index contributed by atoms with van der Waals surface area (Å²) in [5, 5.41) is 58.6.